The van der Waals surface area contributed by atoms with Crippen LogP contribution in [-0.2, 0) is 11.3 Å². The van der Waals surface area contributed by atoms with Gasteiger partial charge in [-0.15, -0.1) is 0 Å². The minimum Gasteiger partial charge on any atom is -0.383 e. The van der Waals surface area contributed by atoms with Crippen LogP contribution in [0.15, 0.2) is 18.5 Å². The van der Waals surface area contributed by atoms with E-state index in [0.717, 1.165) is 32.8 Å². The summed E-state index contributed by atoms with van der Waals surface area (Å²) in [7, 11) is 1.74. The number of likely N-dealkylation sites (tertiary alicyclic amines) is 1. The summed E-state index contributed by atoms with van der Waals surface area (Å²) in [6, 6.07) is 2.66. The Morgan fingerprint density at radius 2 is 2.39 bits per heavy atom. The van der Waals surface area contributed by atoms with Gasteiger partial charge in [0, 0.05) is 45.2 Å². The summed E-state index contributed by atoms with van der Waals surface area (Å²) in [5, 5.41) is 7.71. The van der Waals surface area contributed by atoms with Gasteiger partial charge in [0.2, 0.25) is 0 Å². The summed E-state index contributed by atoms with van der Waals surface area (Å²) < 4.78 is 7.05. The predicted molar refractivity (Wildman–Crippen MR) is 71.6 cm³/mol. The third-order valence-electron chi connectivity index (χ3n) is 3.54. The molecule has 0 saturated carbocycles. The molecule has 0 aliphatic carbocycles. The average Bonchev–Trinajstić information content (AvgIpc) is 3.03. The molecule has 1 aliphatic rings. The highest BCUT2D eigenvalue weighted by molar-refractivity contribution is 4.82. The lowest BCUT2D eigenvalue weighted by Crippen LogP contribution is -2.40. The molecule has 1 atom stereocenters. The maximum absolute atomic E-state index is 5.04. The van der Waals surface area contributed by atoms with Gasteiger partial charge in [0.1, 0.15) is 0 Å². The fraction of sp³-hybridized carbons (Fsp3) is 0.769. The van der Waals surface area contributed by atoms with Crippen LogP contribution in [0, 0.1) is 0 Å². The third-order valence-corrected chi connectivity index (χ3v) is 3.54. The lowest BCUT2D eigenvalue weighted by molar-refractivity contribution is 0.190. The Hall–Kier alpha value is -0.910. The SMILES string of the molecule is COCCNCC1CCCN1CCn1cccn1. The number of aromatic nitrogens is 2. The van der Waals surface area contributed by atoms with Crippen LogP contribution in [0.3, 0.4) is 0 Å². The van der Waals surface area contributed by atoms with Crippen LogP contribution >= 0.6 is 0 Å². The molecule has 1 saturated heterocycles. The molecular weight excluding hydrogens is 228 g/mol. The zero-order chi connectivity index (χ0) is 12.6. The Kier molecular flexibility index (Phi) is 5.64. The zero-order valence-electron chi connectivity index (χ0n) is 11.2. The second-order valence-corrected chi connectivity index (χ2v) is 4.80. The summed E-state index contributed by atoms with van der Waals surface area (Å²) in [5.74, 6) is 0. The number of hydrogen-bond donors (Lipinski definition) is 1. The number of hydrogen-bond acceptors (Lipinski definition) is 4. The molecule has 0 amide bonds. The van der Waals surface area contributed by atoms with Crippen molar-refractivity contribution in [1.82, 2.24) is 20.0 Å². The van der Waals surface area contributed by atoms with Gasteiger partial charge >= 0.3 is 0 Å². The minimum absolute atomic E-state index is 0.678. The molecule has 2 rings (SSSR count). The van der Waals surface area contributed by atoms with E-state index in [1.165, 1.54) is 19.4 Å². The van der Waals surface area contributed by atoms with Gasteiger partial charge in [0.15, 0.2) is 0 Å². The fourth-order valence-corrected chi connectivity index (χ4v) is 2.53. The number of nitrogens with one attached hydrogen (secondary N) is 1. The molecule has 0 aromatic carbocycles. The summed E-state index contributed by atoms with van der Waals surface area (Å²) in [6.45, 7) is 6.11. The number of rotatable bonds is 8. The van der Waals surface area contributed by atoms with Crippen molar-refractivity contribution in [2.24, 2.45) is 0 Å². The van der Waals surface area contributed by atoms with Crippen LogP contribution in [0.5, 0.6) is 0 Å². The molecule has 102 valence electrons. The average molecular weight is 252 g/mol. The first-order valence-corrected chi connectivity index (χ1v) is 6.81. The largest absolute Gasteiger partial charge is 0.383 e. The Balaban J connectivity index is 1.67. The molecule has 1 unspecified atom stereocenters. The number of methoxy groups -OCH3 is 1. The molecule has 0 radical (unpaired) electrons. The lowest BCUT2D eigenvalue weighted by atomic mass is 10.2. The molecule has 0 spiro atoms. The highest BCUT2D eigenvalue weighted by Crippen LogP contribution is 2.16. The molecule has 2 heterocycles. The van der Waals surface area contributed by atoms with E-state index in [1.807, 2.05) is 23.1 Å². The maximum Gasteiger partial charge on any atom is 0.0587 e. The molecule has 1 aromatic rings. The van der Waals surface area contributed by atoms with Crippen molar-refractivity contribution in [2.45, 2.75) is 25.4 Å². The highest BCUT2D eigenvalue weighted by atomic mass is 16.5. The Morgan fingerprint density at radius 3 is 3.17 bits per heavy atom. The van der Waals surface area contributed by atoms with E-state index in [4.69, 9.17) is 4.74 Å². The van der Waals surface area contributed by atoms with E-state index >= 15 is 0 Å². The van der Waals surface area contributed by atoms with E-state index in [9.17, 15) is 0 Å². The van der Waals surface area contributed by atoms with Gasteiger partial charge < -0.3 is 10.1 Å². The Labute approximate surface area is 109 Å². The van der Waals surface area contributed by atoms with Crippen LogP contribution < -0.4 is 5.32 Å². The maximum atomic E-state index is 5.04. The van der Waals surface area contributed by atoms with Gasteiger partial charge in [0.25, 0.3) is 0 Å². The second-order valence-electron chi connectivity index (χ2n) is 4.80. The van der Waals surface area contributed by atoms with Crippen molar-refractivity contribution >= 4 is 0 Å². The summed E-state index contributed by atoms with van der Waals surface area (Å²) in [4.78, 5) is 2.57. The van der Waals surface area contributed by atoms with Gasteiger partial charge in [-0.1, -0.05) is 0 Å². The van der Waals surface area contributed by atoms with Crippen molar-refractivity contribution in [3.8, 4) is 0 Å². The molecule has 18 heavy (non-hydrogen) atoms. The van der Waals surface area contributed by atoms with Crippen LogP contribution in [-0.4, -0.2) is 60.6 Å². The number of ether oxygens (including phenoxy) is 1. The quantitative estimate of drug-likeness (QED) is 0.687. The van der Waals surface area contributed by atoms with Gasteiger partial charge in [-0.25, -0.2) is 0 Å². The molecule has 1 N–H and O–H groups in total. The van der Waals surface area contributed by atoms with Gasteiger partial charge in [0.05, 0.1) is 13.2 Å². The second kappa shape index (κ2) is 7.51. The first-order chi connectivity index (χ1) is 8.90. The molecule has 1 aromatic heterocycles. The van der Waals surface area contributed by atoms with E-state index in [1.54, 1.807) is 7.11 Å². The number of nitrogens with zero attached hydrogens (tertiary/aromatic N) is 3. The smallest absolute Gasteiger partial charge is 0.0587 e. The standard InChI is InChI=1S/C13H24N4O/c1-18-11-6-14-12-13-4-2-7-16(13)9-10-17-8-3-5-15-17/h3,5,8,13-14H,2,4,6-7,9-12H2,1H3. The third kappa shape index (κ3) is 4.08. The normalized spacial score (nSPS) is 20.6. The van der Waals surface area contributed by atoms with Crippen molar-refractivity contribution in [3.63, 3.8) is 0 Å². The van der Waals surface area contributed by atoms with Crippen LogP contribution in [0.25, 0.3) is 0 Å². The summed E-state index contributed by atoms with van der Waals surface area (Å²) in [5.41, 5.74) is 0. The molecule has 5 nitrogen and oxygen atoms in total. The van der Waals surface area contributed by atoms with Gasteiger partial charge in [-0.05, 0) is 25.5 Å². The van der Waals surface area contributed by atoms with Crippen molar-refractivity contribution < 1.29 is 4.74 Å². The van der Waals surface area contributed by atoms with E-state index in [-0.39, 0.29) is 0 Å². The first-order valence-electron chi connectivity index (χ1n) is 6.81. The van der Waals surface area contributed by atoms with Crippen molar-refractivity contribution in [3.05, 3.63) is 18.5 Å². The molecular formula is C13H24N4O. The Morgan fingerprint density at radius 1 is 1.44 bits per heavy atom. The summed E-state index contributed by atoms with van der Waals surface area (Å²) in [6.07, 6.45) is 6.49. The van der Waals surface area contributed by atoms with Crippen LogP contribution in [0.1, 0.15) is 12.8 Å². The van der Waals surface area contributed by atoms with E-state index in [0.29, 0.717) is 6.04 Å². The molecule has 1 fully saturated rings. The monoisotopic (exact) mass is 252 g/mol. The molecule has 5 heteroatoms. The van der Waals surface area contributed by atoms with E-state index < -0.39 is 0 Å². The molecule has 0 bridgehead atoms. The van der Waals surface area contributed by atoms with Crippen LogP contribution in [0.2, 0.25) is 0 Å². The van der Waals surface area contributed by atoms with Crippen LogP contribution in [0.4, 0.5) is 0 Å². The first kappa shape index (κ1) is 13.5. The highest BCUT2D eigenvalue weighted by Gasteiger charge is 2.23. The molecule has 1 aliphatic heterocycles. The minimum atomic E-state index is 0.678. The summed E-state index contributed by atoms with van der Waals surface area (Å²) >= 11 is 0. The van der Waals surface area contributed by atoms with Gasteiger partial charge in [-0.2, -0.15) is 5.10 Å². The van der Waals surface area contributed by atoms with Crippen molar-refractivity contribution in [1.29, 1.82) is 0 Å². The van der Waals surface area contributed by atoms with Crippen molar-refractivity contribution in [2.75, 3.05) is 39.9 Å². The predicted octanol–water partition coefficient (Wildman–Crippen LogP) is 0.583. The van der Waals surface area contributed by atoms with E-state index in [2.05, 4.69) is 15.3 Å². The fourth-order valence-electron chi connectivity index (χ4n) is 2.53. The topological polar surface area (TPSA) is 42.3 Å². The van der Waals surface area contributed by atoms with Gasteiger partial charge in [-0.3, -0.25) is 9.58 Å². The lowest BCUT2D eigenvalue weighted by Gasteiger charge is -2.24. The Bertz CT molecular complexity index is 315. The zero-order valence-corrected chi connectivity index (χ0v) is 11.2.